The van der Waals surface area contributed by atoms with Gasteiger partial charge in [0, 0.05) is 11.8 Å². The number of hydrogen-bond donors (Lipinski definition) is 0. The maximum atomic E-state index is 2.57. The smallest absolute Gasteiger partial charge is 0.00870 e. The third kappa shape index (κ3) is 4.75. The van der Waals surface area contributed by atoms with Crippen LogP contribution in [0.1, 0.15) is 75.1 Å². The number of aryl methyl sites for hydroxylation is 2. The lowest BCUT2D eigenvalue weighted by Crippen LogP contribution is -2.15. The molecule has 0 heterocycles. The molecule has 0 bridgehead atoms. The maximum Gasteiger partial charge on any atom is 0.00870 e. The minimum Gasteiger partial charge on any atom is -0.0805 e. The van der Waals surface area contributed by atoms with E-state index in [1.807, 2.05) is 0 Å². The molecule has 2 aromatic carbocycles. The summed E-state index contributed by atoms with van der Waals surface area (Å²) in [6.45, 7) is 9.20. The number of hydrogen-bond acceptors (Lipinski definition) is 0. The Balaban J connectivity index is 1.64. The Kier molecular flexibility index (Phi) is 7.30. The van der Waals surface area contributed by atoms with Crippen molar-refractivity contribution in [3.05, 3.63) is 112 Å². The topological polar surface area (TPSA) is 0 Å². The van der Waals surface area contributed by atoms with Crippen LogP contribution in [-0.2, 0) is 12.8 Å². The summed E-state index contributed by atoms with van der Waals surface area (Å²) < 4.78 is 0. The molecule has 0 fully saturated rings. The molecule has 0 N–H and O–H groups in total. The highest BCUT2D eigenvalue weighted by molar-refractivity contribution is 5.75. The lowest BCUT2D eigenvalue weighted by molar-refractivity contribution is 0.611. The van der Waals surface area contributed by atoms with E-state index in [2.05, 4.69) is 107 Å². The van der Waals surface area contributed by atoms with Gasteiger partial charge in [0.05, 0.1) is 0 Å². The second-order valence-electron chi connectivity index (χ2n) is 9.60. The number of benzene rings is 2. The second-order valence-corrected chi connectivity index (χ2v) is 9.60. The van der Waals surface area contributed by atoms with Gasteiger partial charge in [-0.1, -0.05) is 113 Å². The van der Waals surface area contributed by atoms with Gasteiger partial charge in [0.1, 0.15) is 0 Å². The van der Waals surface area contributed by atoms with Crippen LogP contribution < -0.4 is 0 Å². The fourth-order valence-corrected chi connectivity index (χ4v) is 5.44. The van der Waals surface area contributed by atoms with E-state index in [1.165, 1.54) is 51.8 Å². The molecule has 4 rings (SSSR count). The average Bonchev–Trinajstić information content (AvgIpc) is 2.81. The Morgan fingerprint density at radius 2 is 1.50 bits per heavy atom. The third-order valence-corrected chi connectivity index (χ3v) is 7.23. The summed E-state index contributed by atoms with van der Waals surface area (Å²) >= 11 is 0. The van der Waals surface area contributed by atoms with Crippen LogP contribution in [0, 0.1) is 11.8 Å². The van der Waals surface area contributed by atoms with Crippen molar-refractivity contribution < 1.29 is 0 Å². The van der Waals surface area contributed by atoms with E-state index in [-0.39, 0.29) is 0 Å². The van der Waals surface area contributed by atoms with Gasteiger partial charge in [0.25, 0.3) is 0 Å². The van der Waals surface area contributed by atoms with Crippen molar-refractivity contribution in [2.45, 2.75) is 65.7 Å². The maximum absolute atomic E-state index is 2.57. The highest BCUT2D eigenvalue weighted by atomic mass is 14.3. The van der Waals surface area contributed by atoms with Crippen molar-refractivity contribution >= 4 is 5.57 Å². The molecule has 3 unspecified atom stereocenters. The standard InChI is InChI=1S/C32H38/c1-5-11-25-13-7-9-15-29(25)31-21-27(19-17-23(31)3)28-20-18-24(4)32(22-28)30-16-10-8-14-26(30)12-6-2/h7-10,13-21,23,28,31H,5-6,11-12,22H2,1-4H3. The monoisotopic (exact) mass is 422 g/mol. The van der Waals surface area contributed by atoms with Gasteiger partial charge in [-0.2, -0.15) is 0 Å². The van der Waals surface area contributed by atoms with Crippen molar-refractivity contribution in [1.82, 2.24) is 0 Å². The van der Waals surface area contributed by atoms with E-state index in [4.69, 9.17) is 0 Å². The van der Waals surface area contributed by atoms with E-state index >= 15 is 0 Å². The van der Waals surface area contributed by atoms with Crippen LogP contribution in [0.3, 0.4) is 0 Å². The molecular weight excluding hydrogens is 384 g/mol. The average molecular weight is 423 g/mol. The summed E-state index contributed by atoms with van der Waals surface area (Å²) in [5, 5.41) is 0. The van der Waals surface area contributed by atoms with Gasteiger partial charge in [0.15, 0.2) is 0 Å². The Morgan fingerprint density at radius 1 is 0.812 bits per heavy atom. The first-order valence-electron chi connectivity index (χ1n) is 12.6. The first kappa shape index (κ1) is 22.6. The Hall–Kier alpha value is -2.60. The third-order valence-electron chi connectivity index (χ3n) is 7.23. The molecule has 0 saturated heterocycles. The summed E-state index contributed by atoms with van der Waals surface area (Å²) in [6.07, 6.45) is 18.0. The molecule has 2 aromatic rings. The lowest BCUT2D eigenvalue weighted by Gasteiger charge is -2.30. The fourth-order valence-electron chi connectivity index (χ4n) is 5.44. The van der Waals surface area contributed by atoms with Gasteiger partial charge in [-0.15, -0.1) is 0 Å². The predicted octanol–water partition coefficient (Wildman–Crippen LogP) is 8.86. The number of rotatable bonds is 7. The molecule has 32 heavy (non-hydrogen) atoms. The first-order valence-corrected chi connectivity index (χ1v) is 12.6. The van der Waals surface area contributed by atoms with Gasteiger partial charge in [-0.25, -0.2) is 0 Å². The molecule has 0 saturated carbocycles. The quantitative estimate of drug-likeness (QED) is 0.418. The molecule has 2 aliphatic rings. The fraction of sp³-hybridized carbons (Fsp3) is 0.375. The molecule has 0 heteroatoms. The van der Waals surface area contributed by atoms with Gasteiger partial charge in [0.2, 0.25) is 0 Å². The Bertz CT molecular complexity index is 1060. The molecular formula is C32H38. The minimum absolute atomic E-state index is 0.452. The second kappa shape index (κ2) is 10.3. The molecule has 166 valence electrons. The van der Waals surface area contributed by atoms with Crippen molar-refractivity contribution in [3.63, 3.8) is 0 Å². The summed E-state index contributed by atoms with van der Waals surface area (Å²) in [7, 11) is 0. The van der Waals surface area contributed by atoms with Crippen LogP contribution >= 0.6 is 0 Å². The summed E-state index contributed by atoms with van der Waals surface area (Å²) in [5.74, 6) is 1.45. The molecule has 0 amide bonds. The van der Waals surface area contributed by atoms with Crippen LogP contribution in [0.25, 0.3) is 5.57 Å². The molecule has 0 aliphatic heterocycles. The van der Waals surface area contributed by atoms with Crippen LogP contribution in [0.5, 0.6) is 0 Å². The molecule has 0 radical (unpaired) electrons. The van der Waals surface area contributed by atoms with E-state index in [0.29, 0.717) is 17.8 Å². The zero-order valence-electron chi connectivity index (χ0n) is 20.3. The van der Waals surface area contributed by atoms with Crippen molar-refractivity contribution in [1.29, 1.82) is 0 Å². The summed E-state index contributed by atoms with van der Waals surface area (Å²) in [4.78, 5) is 0. The lowest BCUT2D eigenvalue weighted by atomic mass is 9.74. The van der Waals surface area contributed by atoms with E-state index in [0.717, 1.165) is 19.3 Å². The molecule has 2 aliphatic carbocycles. The zero-order chi connectivity index (χ0) is 22.5. The first-order chi connectivity index (χ1) is 15.6. The summed E-state index contributed by atoms with van der Waals surface area (Å²) in [6, 6.07) is 18.1. The molecule has 0 nitrogen and oxygen atoms in total. The molecule has 0 spiro atoms. The van der Waals surface area contributed by atoms with Crippen molar-refractivity contribution in [3.8, 4) is 0 Å². The van der Waals surface area contributed by atoms with Crippen molar-refractivity contribution in [2.75, 3.05) is 0 Å². The van der Waals surface area contributed by atoms with Gasteiger partial charge < -0.3 is 0 Å². The minimum atomic E-state index is 0.452. The Morgan fingerprint density at radius 3 is 2.28 bits per heavy atom. The highest BCUT2D eigenvalue weighted by Gasteiger charge is 2.26. The van der Waals surface area contributed by atoms with Gasteiger partial charge in [-0.3, -0.25) is 0 Å². The van der Waals surface area contributed by atoms with E-state index < -0.39 is 0 Å². The van der Waals surface area contributed by atoms with E-state index in [9.17, 15) is 0 Å². The molecule has 0 aromatic heterocycles. The van der Waals surface area contributed by atoms with Crippen LogP contribution in [0.2, 0.25) is 0 Å². The Labute approximate surface area is 195 Å². The van der Waals surface area contributed by atoms with E-state index in [1.54, 1.807) is 0 Å². The zero-order valence-corrected chi connectivity index (χ0v) is 20.3. The molecule has 3 atom stereocenters. The van der Waals surface area contributed by atoms with Crippen LogP contribution in [0.4, 0.5) is 0 Å². The van der Waals surface area contributed by atoms with Crippen LogP contribution in [0.15, 0.2) is 90.1 Å². The van der Waals surface area contributed by atoms with Crippen LogP contribution in [-0.4, -0.2) is 0 Å². The largest absolute Gasteiger partial charge is 0.0805 e. The van der Waals surface area contributed by atoms with Gasteiger partial charge >= 0.3 is 0 Å². The SMILES string of the molecule is CCCc1ccccc1C1=C(C)C=CC(C2=CC(c3ccccc3CCC)C(C)C=C2)C1. The number of allylic oxidation sites excluding steroid dienone is 8. The predicted molar refractivity (Wildman–Crippen MR) is 140 cm³/mol. The summed E-state index contributed by atoms with van der Waals surface area (Å²) in [5.41, 5.74) is 10.4. The van der Waals surface area contributed by atoms with Crippen molar-refractivity contribution in [2.24, 2.45) is 11.8 Å². The van der Waals surface area contributed by atoms with Gasteiger partial charge in [-0.05, 0) is 71.1 Å². The normalized spacial score (nSPS) is 22.9. The highest BCUT2D eigenvalue weighted by Crippen LogP contribution is 2.41.